The van der Waals surface area contributed by atoms with E-state index in [1.165, 1.54) is 0 Å². The minimum atomic E-state index is 0. The molecule has 0 fully saturated rings. The van der Waals surface area contributed by atoms with Crippen molar-refractivity contribution in [2.24, 2.45) is 0 Å². The first-order chi connectivity index (χ1) is 1.00. The summed E-state index contributed by atoms with van der Waals surface area (Å²) >= 11 is 2.62. The second-order valence-electron chi connectivity index (χ2n) is 0. The molecule has 0 N–H and O–H groups in total. The fourth-order valence-corrected chi connectivity index (χ4v) is 0. The monoisotopic (exact) mass is 137 g/mol. The number of hydrogen-bond donors (Lipinski definition) is 0. The molecule has 0 rings (SSSR count). The second-order valence-corrected chi connectivity index (χ2v) is 0. The molecule has 0 saturated heterocycles. The average molecular weight is 138 g/mol. The summed E-state index contributed by atoms with van der Waals surface area (Å²) in [5.74, 6) is 1.88. The fourth-order valence-electron chi connectivity index (χ4n) is 0. The molecular weight excluding hydrogens is 135 g/mol. The number of hydrogen-bond acceptors (Lipinski definition) is 0. The van der Waals surface area contributed by atoms with Gasteiger partial charge in [-0.3, -0.25) is 0 Å². The van der Waals surface area contributed by atoms with Gasteiger partial charge in [0.05, 0.1) is 0 Å². The number of halogens is 2. The van der Waals surface area contributed by atoms with E-state index in [9.17, 15) is 0 Å². The molecule has 0 bridgehead atoms. The summed E-state index contributed by atoms with van der Waals surface area (Å²) in [6, 6.07) is 0. The van der Waals surface area contributed by atoms with Crippen LogP contribution in [0, 0.1) is 0 Å². The molecule has 0 aromatic carbocycles. The van der Waals surface area contributed by atoms with E-state index in [4.69, 9.17) is 0 Å². The predicted molar refractivity (Wildman–Crippen MR) is 5.86 cm³/mol. The van der Waals surface area contributed by atoms with Crippen molar-refractivity contribution in [3.8, 4) is 0 Å². The molecule has 0 spiro atoms. The first-order valence-electron chi connectivity index (χ1n) is 0.408. The van der Waals surface area contributed by atoms with E-state index in [1.54, 1.807) is 0 Å². The molecule has 0 aliphatic carbocycles. The molecule has 0 aliphatic rings. The predicted octanol–water partition coefficient (Wildman–Crippen LogP) is -5.41. The van der Waals surface area contributed by atoms with E-state index in [2.05, 4.69) is 16.3 Å². The Hall–Kier alpha value is 1.11. The molecule has 0 aromatic rings. The zero-order chi connectivity index (χ0) is 2.00. The minimum absolute atomic E-state index is 0. The molecule has 0 unspecified atom stereocenters. The van der Waals surface area contributed by atoms with Gasteiger partial charge in [0.15, 0.2) is 0 Å². The Labute approximate surface area is 47.2 Å². The van der Waals surface area contributed by atoms with E-state index in [0.29, 0.717) is 0 Å². The Bertz CT molecular complexity index is 6.00. The fraction of sp³-hybridized carbons (Fsp3) is 1.00. The van der Waals surface area contributed by atoms with Crippen molar-refractivity contribution in [2.45, 2.75) is 5.79 Å². The van der Waals surface area contributed by atoms with Crippen molar-refractivity contribution in [2.75, 3.05) is 0 Å². The molecule has 4 heavy (non-hydrogen) atoms. The molecule has 0 radical (unpaired) electrons. The van der Waals surface area contributed by atoms with Crippen LogP contribution in [0.15, 0.2) is 0 Å². The first kappa shape index (κ1) is 19.4. The van der Waals surface area contributed by atoms with E-state index in [0.717, 1.165) is 0 Å². The first-order valence-corrected chi connectivity index (χ1v) is 1.68. The zero-order valence-corrected chi connectivity index (χ0v) is 4.95. The summed E-state index contributed by atoms with van der Waals surface area (Å²) in [5.41, 5.74) is 0. The van der Waals surface area contributed by atoms with E-state index >= 15 is 0 Å². The van der Waals surface area contributed by atoms with Crippen LogP contribution in [0.4, 0.5) is 0 Å². The molecule has 3 heteroatoms. The minimum Gasteiger partial charge on any atom is -1.00 e. The Morgan fingerprint density at radius 2 is 1.00 bits per heavy atom. The van der Waals surface area contributed by atoms with Gasteiger partial charge in [-0.1, -0.05) is 0 Å². The van der Waals surface area contributed by atoms with Gasteiger partial charge in [0.2, 0.25) is 0 Å². The molecule has 0 atom stereocenters. The van der Waals surface area contributed by atoms with Gasteiger partial charge in [-0.25, -0.2) is 0 Å². The van der Waals surface area contributed by atoms with Crippen molar-refractivity contribution in [1.29, 1.82) is 0 Å². The van der Waals surface area contributed by atoms with Gasteiger partial charge in [0.1, 0.15) is 0 Å². The van der Waals surface area contributed by atoms with E-state index in [-0.39, 0.29) is 24.8 Å². The molecular formula is CH3Cl2Cr. The Balaban J connectivity index is -0.00000000500. The van der Waals surface area contributed by atoms with Crippen molar-refractivity contribution in [1.82, 2.24) is 0 Å². The van der Waals surface area contributed by atoms with E-state index in [1.807, 2.05) is 5.79 Å². The van der Waals surface area contributed by atoms with Gasteiger partial charge < -0.3 is 24.8 Å². The maximum Gasteiger partial charge on any atom is -1.00 e. The van der Waals surface area contributed by atoms with Crippen LogP contribution >= 0.6 is 0 Å². The van der Waals surface area contributed by atoms with E-state index < -0.39 is 0 Å². The standard InChI is InChI=1S/CH3.2ClH.Cr/h1H3;2*1H;/q;;;+2/p-2. The molecule has 0 aliphatic heterocycles. The third kappa shape index (κ3) is 11.2. The van der Waals surface area contributed by atoms with Crippen LogP contribution in [0.5, 0.6) is 0 Å². The Morgan fingerprint density at radius 3 is 1.00 bits per heavy atom. The van der Waals surface area contributed by atoms with Crippen LogP contribution in [0.3, 0.4) is 0 Å². The third-order valence-corrected chi connectivity index (χ3v) is 0. The molecule has 0 heterocycles. The van der Waals surface area contributed by atoms with Crippen molar-refractivity contribution < 1.29 is 41.1 Å². The van der Waals surface area contributed by atoms with Crippen LogP contribution in [-0.2, 0) is 16.3 Å². The SMILES string of the molecule is [CH3][Cr+2].[Cl-].[Cl-]. The largest absolute Gasteiger partial charge is 1.00 e. The van der Waals surface area contributed by atoms with Crippen LogP contribution < -0.4 is 24.8 Å². The summed E-state index contributed by atoms with van der Waals surface area (Å²) in [6.07, 6.45) is 0. The second kappa shape index (κ2) is 32.2. The number of rotatable bonds is 0. The molecule has 0 amide bonds. The van der Waals surface area contributed by atoms with Crippen LogP contribution in [-0.4, -0.2) is 0 Å². The van der Waals surface area contributed by atoms with Crippen molar-refractivity contribution >= 4 is 0 Å². The maximum absolute atomic E-state index is 2.62. The summed E-state index contributed by atoms with van der Waals surface area (Å²) < 4.78 is 0. The average Bonchev–Trinajstić information content (AvgIpc) is 1.00. The summed E-state index contributed by atoms with van der Waals surface area (Å²) in [4.78, 5) is 0. The Kier molecular flexibility index (Phi) is 156. The van der Waals surface area contributed by atoms with Crippen LogP contribution in [0.2, 0.25) is 5.79 Å². The third-order valence-electron chi connectivity index (χ3n) is 0. The maximum atomic E-state index is 2.62. The molecule has 0 saturated carbocycles. The topological polar surface area (TPSA) is 0 Å². The molecule has 0 aromatic heterocycles. The van der Waals surface area contributed by atoms with Crippen molar-refractivity contribution in [3.05, 3.63) is 0 Å². The van der Waals surface area contributed by atoms with Gasteiger partial charge in [-0.15, -0.1) is 0 Å². The van der Waals surface area contributed by atoms with Crippen LogP contribution in [0.25, 0.3) is 0 Å². The van der Waals surface area contributed by atoms with Gasteiger partial charge in [-0.2, -0.15) is 0 Å². The normalized spacial score (nSPS) is 1.00. The zero-order valence-electron chi connectivity index (χ0n) is 2.16. The summed E-state index contributed by atoms with van der Waals surface area (Å²) in [7, 11) is 0. The molecule has 0 nitrogen and oxygen atoms in total. The molecule has 27 valence electrons. The quantitative estimate of drug-likeness (QED) is 0.313. The summed E-state index contributed by atoms with van der Waals surface area (Å²) in [6.45, 7) is 0. The Morgan fingerprint density at radius 1 is 1.00 bits per heavy atom. The smallest absolute Gasteiger partial charge is 1.00 e. The van der Waals surface area contributed by atoms with Crippen molar-refractivity contribution in [3.63, 3.8) is 0 Å². The van der Waals surface area contributed by atoms with Gasteiger partial charge in [0, 0.05) is 0 Å². The van der Waals surface area contributed by atoms with Gasteiger partial charge in [-0.05, 0) is 0 Å². The van der Waals surface area contributed by atoms with Crippen LogP contribution in [0.1, 0.15) is 0 Å². The van der Waals surface area contributed by atoms with Gasteiger partial charge in [0.25, 0.3) is 0 Å². The van der Waals surface area contributed by atoms with Gasteiger partial charge >= 0.3 is 22.1 Å². The summed E-state index contributed by atoms with van der Waals surface area (Å²) in [5, 5.41) is 0.